The molecule has 5 aliphatic rings. The summed E-state index contributed by atoms with van der Waals surface area (Å²) < 4.78 is 6.42. The average molecular weight is 457 g/mol. The fourth-order valence-electron chi connectivity index (χ4n) is 7.31. The number of aliphatic carboxylic acids is 1. The molecule has 3 aliphatic carbocycles. The van der Waals surface area contributed by atoms with Gasteiger partial charge in [0.25, 0.3) is 0 Å². The van der Waals surface area contributed by atoms with Crippen molar-refractivity contribution in [3.63, 3.8) is 0 Å². The van der Waals surface area contributed by atoms with Gasteiger partial charge in [-0.05, 0) is 69.0 Å². The standard InChI is InChI=1S/C25H32N2O6/c28-17-7-6-15-12-18-25(32)9-8-16(26-19(29)2-1-3-20(30)31)23-24(25,21(15)22(17)33-23)10-11-27(18)13-14-4-5-14/h6-7,14,16,18,23,28,32H,1-5,8-13H2,(H,26,29)(H,30,31)/t16?,18-,23+,24+,25-/m1/s1. The van der Waals surface area contributed by atoms with E-state index in [2.05, 4.69) is 10.2 Å². The smallest absolute Gasteiger partial charge is 0.303 e. The molecule has 33 heavy (non-hydrogen) atoms. The van der Waals surface area contributed by atoms with Crippen molar-refractivity contribution in [1.82, 2.24) is 10.2 Å². The van der Waals surface area contributed by atoms with Gasteiger partial charge in [-0.1, -0.05) is 6.07 Å². The zero-order valence-corrected chi connectivity index (χ0v) is 18.8. The molecule has 1 aromatic rings. The number of likely N-dealkylation sites (tertiary alicyclic amines) is 1. The normalized spacial score (nSPS) is 36.1. The topological polar surface area (TPSA) is 119 Å². The first kappa shape index (κ1) is 21.2. The Morgan fingerprint density at radius 3 is 2.76 bits per heavy atom. The highest BCUT2D eigenvalue weighted by molar-refractivity contribution is 5.77. The Hall–Kier alpha value is -2.32. The van der Waals surface area contributed by atoms with Gasteiger partial charge in [0.15, 0.2) is 11.5 Å². The van der Waals surface area contributed by atoms with Crippen LogP contribution in [0.1, 0.15) is 62.5 Å². The number of carbonyl (C=O) groups is 2. The van der Waals surface area contributed by atoms with Crippen LogP contribution in [0.2, 0.25) is 0 Å². The van der Waals surface area contributed by atoms with Crippen LogP contribution in [0.5, 0.6) is 11.5 Å². The predicted molar refractivity (Wildman–Crippen MR) is 118 cm³/mol. The number of aromatic hydroxyl groups is 1. The van der Waals surface area contributed by atoms with Crippen LogP contribution in [0.15, 0.2) is 12.1 Å². The molecule has 0 aromatic heterocycles. The van der Waals surface area contributed by atoms with Crippen LogP contribution < -0.4 is 10.1 Å². The van der Waals surface area contributed by atoms with Crippen LogP contribution in [0.3, 0.4) is 0 Å². The van der Waals surface area contributed by atoms with Gasteiger partial charge in [-0.15, -0.1) is 0 Å². The lowest BCUT2D eigenvalue weighted by atomic mass is 9.48. The minimum atomic E-state index is -0.971. The summed E-state index contributed by atoms with van der Waals surface area (Å²) >= 11 is 0. The second-order valence-electron chi connectivity index (χ2n) is 10.8. The fraction of sp³-hybridized carbons (Fsp3) is 0.680. The number of rotatable bonds is 7. The lowest BCUT2D eigenvalue weighted by Crippen LogP contribution is -2.78. The number of carboxylic acids is 1. The first-order valence-corrected chi connectivity index (χ1v) is 12.3. The molecular formula is C25H32N2O6. The molecule has 2 heterocycles. The van der Waals surface area contributed by atoms with Gasteiger partial charge in [-0.25, -0.2) is 0 Å². The third-order valence-electron chi connectivity index (χ3n) is 8.90. The molecule has 2 bridgehead atoms. The number of hydrogen-bond acceptors (Lipinski definition) is 6. The first-order chi connectivity index (χ1) is 15.8. The Morgan fingerprint density at radius 1 is 1.18 bits per heavy atom. The van der Waals surface area contributed by atoms with Crippen LogP contribution in [0, 0.1) is 5.92 Å². The first-order valence-electron chi connectivity index (χ1n) is 12.3. The van der Waals surface area contributed by atoms with Crippen molar-refractivity contribution >= 4 is 11.9 Å². The average Bonchev–Trinajstić information content (AvgIpc) is 3.50. The summed E-state index contributed by atoms with van der Waals surface area (Å²) in [5, 5.41) is 35.0. The van der Waals surface area contributed by atoms with Crippen molar-refractivity contribution < 1.29 is 29.6 Å². The maximum Gasteiger partial charge on any atom is 0.303 e. The van der Waals surface area contributed by atoms with E-state index in [4.69, 9.17) is 9.84 Å². The molecule has 2 aliphatic heterocycles. The maximum atomic E-state index is 12.6. The SMILES string of the molecule is O=C(O)CCCC(=O)NC1CC[C@@]2(O)[C@H]3Cc4ccc(O)c5c4[C@@]2(CCN3CC2CC2)[C@H]1O5. The third-order valence-corrected chi connectivity index (χ3v) is 8.90. The molecular weight excluding hydrogens is 424 g/mol. The van der Waals surface area contributed by atoms with Gasteiger partial charge in [0, 0.05) is 31.0 Å². The maximum absolute atomic E-state index is 12.6. The van der Waals surface area contributed by atoms with E-state index in [0.717, 1.165) is 43.0 Å². The van der Waals surface area contributed by atoms with E-state index in [9.17, 15) is 19.8 Å². The summed E-state index contributed by atoms with van der Waals surface area (Å²) in [4.78, 5) is 25.9. The van der Waals surface area contributed by atoms with Crippen LogP contribution in [0.25, 0.3) is 0 Å². The lowest BCUT2D eigenvalue weighted by molar-refractivity contribution is -0.192. The number of ether oxygens (including phenoxy) is 1. The summed E-state index contributed by atoms with van der Waals surface area (Å²) in [5.74, 6) is 0.192. The van der Waals surface area contributed by atoms with Crippen molar-refractivity contribution in [2.75, 3.05) is 13.1 Å². The molecule has 1 spiro atoms. The number of aliphatic hydroxyl groups is 1. The molecule has 4 N–H and O–H groups in total. The van der Waals surface area contributed by atoms with E-state index in [1.165, 1.54) is 12.8 Å². The van der Waals surface area contributed by atoms with E-state index in [0.29, 0.717) is 18.6 Å². The lowest BCUT2D eigenvalue weighted by Gasteiger charge is -2.64. The minimum absolute atomic E-state index is 0.00756. The molecule has 1 aromatic carbocycles. The largest absolute Gasteiger partial charge is 0.504 e. The Kier molecular flexibility index (Phi) is 4.72. The van der Waals surface area contributed by atoms with Crippen molar-refractivity contribution in [1.29, 1.82) is 0 Å². The molecule has 0 radical (unpaired) electrons. The van der Waals surface area contributed by atoms with Crippen LogP contribution in [-0.2, 0) is 21.4 Å². The summed E-state index contributed by atoms with van der Waals surface area (Å²) in [7, 11) is 0. The van der Waals surface area contributed by atoms with Gasteiger partial charge in [-0.2, -0.15) is 0 Å². The number of amides is 1. The highest BCUT2D eigenvalue weighted by Crippen LogP contribution is 2.65. The highest BCUT2D eigenvalue weighted by atomic mass is 16.5. The van der Waals surface area contributed by atoms with Gasteiger partial charge >= 0.3 is 5.97 Å². The number of nitrogens with one attached hydrogen (secondary N) is 1. The van der Waals surface area contributed by atoms with Crippen LogP contribution in [-0.4, -0.2) is 69.0 Å². The monoisotopic (exact) mass is 456 g/mol. The Bertz CT molecular complexity index is 1010. The number of carboxylic acid groups (broad SMARTS) is 1. The van der Waals surface area contributed by atoms with E-state index in [-0.39, 0.29) is 43.0 Å². The van der Waals surface area contributed by atoms with Crippen molar-refractivity contribution in [3.8, 4) is 11.5 Å². The summed E-state index contributed by atoms with van der Waals surface area (Å²) in [6.45, 7) is 1.90. The van der Waals surface area contributed by atoms with Crippen molar-refractivity contribution in [3.05, 3.63) is 23.3 Å². The van der Waals surface area contributed by atoms with Crippen molar-refractivity contribution in [2.24, 2.45) is 5.92 Å². The summed E-state index contributed by atoms with van der Waals surface area (Å²) in [6.07, 6.45) is 5.11. The Labute approximate surface area is 192 Å². The Morgan fingerprint density at radius 2 is 2.00 bits per heavy atom. The molecule has 6 rings (SSSR count). The fourth-order valence-corrected chi connectivity index (χ4v) is 7.31. The number of piperidine rings is 1. The number of carbonyl (C=O) groups excluding carboxylic acids is 1. The van der Waals surface area contributed by atoms with E-state index >= 15 is 0 Å². The molecule has 3 fully saturated rings. The van der Waals surface area contributed by atoms with Gasteiger partial charge in [0.1, 0.15) is 6.10 Å². The zero-order valence-electron chi connectivity index (χ0n) is 18.8. The van der Waals surface area contributed by atoms with Crippen molar-refractivity contribution in [2.45, 2.75) is 87.0 Å². The number of hydrogen-bond donors (Lipinski definition) is 4. The highest BCUT2D eigenvalue weighted by Gasteiger charge is 2.73. The molecule has 178 valence electrons. The molecule has 5 atom stereocenters. The number of benzene rings is 1. The van der Waals surface area contributed by atoms with Gasteiger partial charge < -0.3 is 25.4 Å². The number of phenolic OH excluding ortho intramolecular Hbond substituents is 1. The summed E-state index contributed by atoms with van der Waals surface area (Å²) in [5.41, 5.74) is 0.453. The van der Waals surface area contributed by atoms with E-state index in [1.807, 2.05) is 6.07 Å². The molecule has 8 nitrogen and oxygen atoms in total. The third kappa shape index (κ3) is 3.03. The quantitative estimate of drug-likeness (QED) is 0.493. The van der Waals surface area contributed by atoms with Crippen LogP contribution in [0.4, 0.5) is 0 Å². The minimum Gasteiger partial charge on any atom is -0.504 e. The number of nitrogens with zero attached hydrogens (tertiary/aromatic N) is 1. The molecule has 2 saturated carbocycles. The van der Waals surface area contributed by atoms with Gasteiger partial charge in [-0.3, -0.25) is 14.5 Å². The second-order valence-corrected chi connectivity index (χ2v) is 10.8. The van der Waals surface area contributed by atoms with Crippen LogP contribution >= 0.6 is 0 Å². The summed E-state index contributed by atoms with van der Waals surface area (Å²) in [6, 6.07) is 3.37. The molecule has 1 unspecified atom stereocenters. The Balaban J connectivity index is 1.34. The van der Waals surface area contributed by atoms with E-state index < -0.39 is 23.1 Å². The second kappa shape index (κ2) is 7.34. The molecule has 1 amide bonds. The van der Waals surface area contributed by atoms with E-state index in [1.54, 1.807) is 6.07 Å². The predicted octanol–water partition coefficient (Wildman–Crippen LogP) is 1.70. The molecule has 1 saturated heterocycles. The van der Waals surface area contributed by atoms with Gasteiger partial charge in [0.05, 0.1) is 17.1 Å². The number of phenols is 1. The van der Waals surface area contributed by atoms with Gasteiger partial charge in [0.2, 0.25) is 5.91 Å². The molecule has 8 heteroatoms. The zero-order chi connectivity index (χ0) is 23.0.